The van der Waals surface area contributed by atoms with Gasteiger partial charge in [-0.3, -0.25) is 9.59 Å². The summed E-state index contributed by atoms with van der Waals surface area (Å²) in [6.07, 6.45) is 3.71. The van der Waals surface area contributed by atoms with E-state index in [0.717, 1.165) is 36.0 Å². The van der Waals surface area contributed by atoms with Gasteiger partial charge in [-0.2, -0.15) is 0 Å². The van der Waals surface area contributed by atoms with Gasteiger partial charge in [0.1, 0.15) is 0 Å². The summed E-state index contributed by atoms with van der Waals surface area (Å²) in [6, 6.07) is 5.28. The fourth-order valence-electron chi connectivity index (χ4n) is 1.86. The first-order chi connectivity index (χ1) is 9.50. The molecular formula is C14H19BrN2O3. The number of rotatable bonds is 9. The predicted molar refractivity (Wildman–Crippen MR) is 81.9 cm³/mol. The highest BCUT2D eigenvalue weighted by Crippen LogP contribution is 2.21. The normalized spacial score (nSPS) is 10.2. The third kappa shape index (κ3) is 6.06. The van der Waals surface area contributed by atoms with Crippen LogP contribution in [0.15, 0.2) is 22.7 Å². The molecule has 0 spiro atoms. The van der Waals surface area contributed by atoms with E-state index >= 15 is 0 Å². The largest absolute Gasteiger partial charge is 0.481 e. The lowest BCUT2D eigenvalue weighted by Gasteiger charge is -2.10. The molecule has 1 amide bonds. The third-order valence-electron chi connectivity index (χ3n) is 2.88. The number of nitrogens with one attached hydrogen (secondary N) is 1. The molecule has 0 fully saturated rings. The van der Waals surface area contributed by atoms with Crippen molar-refractivity contribution in [3.63, 3.8) is 0 Å². The van der Waals surface area contributed by atoms with Crippen LogP contribution in [0.4, 0.5) is 5.69 Å². The van der Waals surface area contributed by atoms with E-state index in [1.807, 2.05) is 6.07 Å². The molecule has 0 atom stereocenters. The monoisotopic (exact) mass is 342 g/mol. The first-order valence-corrected chi connectivity index (χ1v) is 7.35. The number of amides is 1. The van der Waals surface area contributed by atoms with Crippen LogP contribution in [0.25, 0.3) is 0 Å². The first kappa shape index (κ1) is 16.5. The molecule has 0 aliphatic heterocycles. The van der Waals surface area contributed by atoms with Crippen molar-refractivity contribution in [3.8, 4) is 0 Å². The number of benzene rings is 1. The van der Waals surface area contributed by atoms with Crippen molar-refractivity contribution >= 4 is 33.5 Å². The summed E-state index contributed by atoms with van der Waals surface area (Å²) in [7, 11) is 0. The molecule has 0 aromatic heterocycles. The van der Waals surface area contributed by atoms with E-state index in [2.05, 4.69) is 21.2 Å². The van der Waals surface area contributed by atoms with E-state index in [1.165, 1.54) is 0 Å². The number of hydrogen-bond donors (Lipinski definition) is 3. The molecule has 0 radical (unpaired) electrons. The maximum Gasteiger partial charge on any atom is 0.303 e. The van der Waals surface area contributed by atoms with Crippen LogP contribution < -0.4 is 11.1 Å². The number of hydrogen-bond acceptors (Lipinski definition) is 3. The molecule has 0 aliphatic rings. The zero-order chi connectivity index (χ0) is 15.0. The number of carbonyl (C=O) groups is 2. The number of nitrogens with two attached hydrogens (primary N) is 1. The number of primary amides is 1. The molecule has 1 aromatic rings. The van der Waals surface area contributed by atoms with Gasteiger partial charge in [0.2, 0.25) is 0 Å². The Morgan fingerprint density at radius 2 is 1.90 bits per heavy atom. The molecule has 0 heterocycles. The van der Waals surface area contributed by atoms with Gasteiger partial charge in [0.25, 0.3) is 5.91 Å². The molecule has 5 nitrogen and oxygen atoms in total. The van der Waals surface area contributed by atoms with E-state index in [9.17, 15) is 9.59 Å². The molecular weight excluding hydrogens is 324 g/mol. The minimum atomic E-state index is -0.747. The maximum absolute atomic E-state index is 11.3. The van der Waals surface area contributed by atoms with Crippen molar-refractivity contribution in [2.24, 2.45) is 5.73 Å². The van der Waals surface area contributed by atoms with Crippen molar-refractivity contribution < 1.29 is 14.7 Å². The molecule has 110 valence electrons. The molecule has 20 heavy (non-hydrogen) atoms. The van der Waals surface area contributed by atoms with E-state index in [4.69, 9.17) is 10.8 Å². The number of carboxylic acid groups (broad SMARTS) is 1. The smallest absolute Gasteiger partial charge is 0.303 e. The third-order valence-corrected chi connectivity index (χ3v) is 3.37. The molecule has 0 aliphatic carbocycles. The van der Waals surface area contributed by atoms with Crippen molar-refractivity contribution in [2.45, 2.75) is 32.1 Å². The number of carbonyl (C=O) groups excluding carboxylic acids is 1. The average Bonchev–Trinajstić information content (AvgIpc) is 2.37. The second-order valence-electron chi connectivity index (χ2n) is 4.54. The van der Waals surface area contributed by atoms with Crippen LogP contribution in [-0.4, -0.2) is 23.5 Å². The van der Waals surface area contributed by atoms with Crippen molar-refractivity contribution in [1.29, 1.82) is 0 Å². The second kappa shape index (κ2) is 8.58. The van der Waals surface area contributed by atoms with Crippen LogP contribution in [0, 0.1) is 0 Å². The van der Waals surface area contributed by atoms with Crippen LogP contribution >= 0.6 is 15.9 Å². The number of anilines is 1. The molecule has 0 unspecified atom stereocenters. The molecule has 6 heteroatoms. The van der Waals surface area contributed by atoms with Crippen LogP contribution in [0.3, 0.4) is 0 Å². The Balaban J connectivity index is 2.33. The lowest BCUT2D eigenvalue weighted by Crippen LogP contribution is -2.14. The van der Waals surface area contributed by atoms with Crippen LogP contribution in [0.2, 0.25) is 0 Å². The first-order valence-electron chi connectivity index (χ1n) is 6.55. The summed E-state index contributed by atoms with van der Waals surface area (Å²) in [5.41, 5.74) is 6.50. The van der Waals surface area contributed by atoms with Crippen LogP contribution in [0.1, 0.15) is 42.5 Å². The van der Waals surface area contributed by atoms with Gasteiger partial charge < -0.3 is 16.2 Å². The standard InChI is InChI=1S/C14H19BrN2O3/c15-10-6-7-11(14(16)20)12(9-10)17-8-4-2-1-3-5-13(18)19/h6-7,9,17H,1-5,8H2,(H2,16,20)(H,18,19). The Morgan fingerprint density at radius 3 is 2.55 bits per heavy atom. The topological polar surface area (TPSA) is 92.4 Å². The fourth-order valence-corrected chi connectivity index (χ4v) is 2.22. The van der Waals surface area contributed by atoms with Crippen LogP contribution in [-0.2, 0) is 4.79 Å². The molecule has 0 bridgehead atoms. The van der Waals surface area contributed by atoms with E-state index in [0.29, 0.717) is 12.0 Å². The van der Waals surface area contributed by atoms with Crippen molar-refractivity contribution in [2.75, 3.05) is 11.9 Å². The lowest BCUT2D eigenvalue weighted by molar-refractivity contribution is -0.137. The zero-order valence-electron chi connectivity index (χ0n) is 11.2. The van der Waals surface area contributed by atoms with Gasteiger partial charge in [-0.05, 0) is 31.0 Å². The molecule has 0 saturated carbocycles. The Labute approximate surface area is 126 Å². The Bertz CT molecular complexity index is 477. The highest BCUT2D eigenvalue weighted by atomic mass is 79.9. The Kier molecular flexibility index (Phi) is 7.08. The number of aliphatic carboxylic acids is 1. The minimum Gasteiger partial charge on any atom is -0.481 e. The molecule has 0 saturated heterocycles. The quantitative estimate of drug-likeness (QED) is 0.601. The second-order valence-corrected chi connectivity index (χ2v) is 5.45. The van der Waals surface area contributed by atoms with Crippen molar-refractivity contribution in [1.82, 2.24) is 0 Å². The molecule has 4 N–H and O–H groups in total. The number of carboxylic acids is 1. The van der Waals surface area contributed by atoms with Gasteiger partial charge in [0, 0.05) is 23.1 Å². The van der Waals surface area contributed by atoms with Crippen molar-refractivity contribution in [3.05, 3.63) is 28.2 Å². The minimum absolute atomic E-state index is 0.227. The summed E-state index contributed by atoms with van der Waals surface area (Å²) >= 11 is 3.35. The molecule has 1 rings (SSSR count). The number of unbranched alkanes of at least 4 members (excludes halogenated alkanes) is 3. The summed E-state index contributed by atoms with van der Waals surface area (Å²) in [6.45, 7) is 0.726. The summed E-state index contributed by atoms with van der Waals surface area (Å²) in [4.78, 5) is 21.6. The predicted octanol–water partition coefficient (Wildman–Crippen LogP) is 3.00. The highest BCUT2D eigenvalue weighted by molar-refractivity contribution is 9.10. The maximum atomic E-state index is 11.3. The van der Waals surface area contributed by atoms with Gasteiger partial charge in [0.05, 0.1) is 5.56 Å². The van der Waals surface area contributed by atoms with E-state index in [1.54, 1.807) is 12.1 Å². The number of halogens is 1. The average molecular weight is 343 g/mol. The SMILES string of the molecule is NC(=O)c1ccc(Br)cc1NCCCCCCC(=O)O. The Hall–Kier alpha value is -1.56. The summed E-state index contributed by atoms with van der Waals surface area (Å²) in [5, 5.41) is 11.7. The van der Waals surface area contributed by atoms with Gasteiger partial charge in [-0.15, -0.1) is 0 Å². The van der Waals surface area contributed by atoms with Crippen LogP contribution in [0.5, 0.6) is 0 Å². The van der Waals surface area contributed by atoms with Gasteiger partial charge in [-0.1, -0.05) is 28.8 Å². The van der Waals surface area contributed by atoms with E-state index < -0.39 is 11.9 Å². The lowest BCUT2D eigenvalue weighted by atomic mass is 10.1. The van der Waals surface area contributed by atoms with E-state index in [-0.39, 0.29) is 6.42 Å². The molecule has 1 aromatic carbocycles. The Morgan fingerprint density at radius 1 is 1.20 bits per heavy atom. The fraction of sp³-hybridized carbons (Fsp3) is 0.429. The summed E-state index contributed by atoms with van der Waals surface area (Å²) in [5.74, 6) is -1.20. The summed E-state index contributed by atoms with van der Waals surface area (Å²) < 4.78 is 0.881. The van der Waals surface area contributed by atoms with Gasteiger partial charge in [0.15, 0.2) is 0 Å². The van der Waals surface area contributed by atoms with Gasteiger partial charge in [-0.25, -0.2) is 0 Å². The highest BCUT2D eigenvalue weighted by Gasteiger charge is 2.07. The van der Waals surface area contributed by atoms with Gasteiger partial charge >= 0.3 is 5.97 Å². The zero-order valence-corrected chi connectivity index (χ0v) is 12.8.